The molecule has 4 nitrogen and oxygen atoms in total. The average Bonchev–Trinajstić information content (AvgIpc) is 3.05. The Balaban J connectivity index is 2.20. The Morgan fingerprint density at radius 3 is 2.95 bits per heavy atom. The molecule has 102 valence electrons. The Morgan fingerprint density at radius 1 is 1.53 bits per heavy atom. The largest absolute Gasteiger partial charge is 0.378 e. The fraction of sp³-hybridized carbons (Fsp3) is 0.385. The van der Waals surface area contributed by atoms with Crippen LogP contribution >= 0.6 is 22.7 Å². The van der Waals surface area contributed by atoms with Gasteiger partial charge >= 0.3 is 0 Å². The average molecular weight is 296 g/mol. The summed E-state index contributed by atoms with van der Waals surface area (Å²) < 4.78 is 5.07. The molecule has 0 unspecified atom stereocenters. The number of aldehydes is 1. The minimum absolute atomic E-state index is 0.376. The fourth-order valence-corrected chi connectivity index (χ4v) is 3.39. The molecule has 0 saturated carbocycles. The van der Waals surface area contributed by atoms with Crippen molar-refractivity contribution >= 4 is 34.1 Å². The van der Waals surface area contributed by atoms with Gasteiger partial charge in [-0.1, -0.05) is 17.4 Å². The number of carbonyl (C=O) groups is 1. The Morgan fingerprint density at radius 2 is 2.37 bits per heavy atom. The van der Waals surface area contributed by atoms with Gasteiger partial charge in [0.15, 0.2) is 11.4 Å². The van der Waals surface area contributed by atoms with Gasteiger partial charge in [-0.3, -0.25) is 4.79 Å². The smallest absolute Gasteiger partial charge is 0.186 e. The molecule has 6 heteroatoms. The number of rotatable bonds is 7. The second-order valence-corrected chi connectivity index (χ2v) is 5.99. The molecule has 0 radical (unpaired) electrons. The number of thiazole rings is 1. The number of carbonyl (C=O) groups excluding carboxylic acids is 1. The molecule has 0 spiro atoms. The minimum Gasteiger partial charge on any atom is -0.378 e. The molecule has 0 atom stereocenters. The van der Waals surface area contributed by atoms with E-state index in [1.165, 1.54) is 16.2 Å². The highest BCUT2D eigenvalue weighted by atomic mass is 32.1. The standard InChI is InChI=1S/C13H16N2O2S2/c1-3-15(7-10-5-4-6-18-10)13-14-11(9-17-2)12(8-16)19-13/h4-6,8H,3,7,9H2,1-2H3. The van der Waals surface area contributed by atoms with Crippen LogP contribution in [0.3, 0.4) is 0 Å². The van der Waals surface area contributed by atoms with Gasteiger partial charge in [-0.05, 0) is 18.4 Å². The van der Waals surface area contributed by atoms with Crippen molar-refractivity contribution in [2.45, 2.75) is 20.1 Å². The zero-order chi connectivity index (χ0) is 13.7. The number of methoxy groups -OCH3 is 1. The Labute approximate surface area is 120 Å². The molecule has 0 fully saturated rings. The summed E-state index contributed by atoms with van der Waals surface area (Å²) in [5.41, 5.74) is 0.724. The molecule has 0 amide bonds. The fourth-order valence-electron chi connectivity index (χ4n) is 1.72. The van der Waals surface area contributed by atoms with Crippen LogP contribution in [0, 0.1) is 0 Å². The van der Waals surface area contributed by atoms with Gasteiger partial charge in [0.05, 0.1) is 23.7 Å². The summed E-state index contributed by atoms with van der Waals surface area (Å²) in [4.78, 5) is 19.7. The van der Waals surface area contributed by atoms with E-state index < -0.39 is 0 Å². The number of ether oxygens (including phenoxy) is 1. The predicted octanol–water partition coefficient (Wildman–Crippen LogP) is 3.19. The van der Waals surface area contributed by atoms with Crippen molar-refractivity contribution in [1.82, 2.24) is 4.98 Å². The van der Waals surface area contributed by atoms with Crippen molar-refractivity contribution in [2.75, 3.05) is 18.6 Å². The quantitative estimate of drug-likeness (QED) is 0.736. The lowest BCUT2D eigenvalue weighted by molar-refractivity contribution is 0.112. The first-order valence-corrected chi connectivity index (χ1v) is 7.69. The van der Waals surface area contributed by atoms with E-state index in [9.17, 15) is 4.79 Å². The lowest BCUT2D eigenvalue weighted by atomic mass is 10.4. The maximum Gasteiger partial charge on any atom is 0.186 e. The molecule has 2 aromatic heterocycles. The van der Waals surface area contributed by atoms with E-state index in [-0.39, 0.29) is 0 Å². The molecule has 19 heavy (non-hydrogen) atoms. The van der Waals surface area contributed by atoms with E-state index in [1.54, 1.807) is 18.4 Å². The van der Waals surface area contributed by atoms with Gasteiger partial charge in [0.2, 0.25) is 0 Å². The van der Waals surface area contributed by atoms with E-state index in [4.69, 9.17) is 4.74 Å². The highest BCUT2D eigenvalue weighted by molar-refractivity contribution is 7.17. The number of thiophene rings is 1. The molecular formula is C13H16N2O2S2. The van der Waals surface area contributed by atoms with Crippen LogP contribution in [0.25, 0.3) is 0 Å². The zero-order valence-corrected chi connectivity index (χ0v) is 12.6. The van der Waals surface area contributed by atoms with E-state index in [1.807, 2.05) is 6.07 Å². The van der Waals surface area contributed by atoms with Gasteiger partial charge in [0.1, 0.15) is 0 Å². The van der Waals surface area contributed by atoms with E-state index in [0.29, 0.717) is 11.5 Å². The van der Waals surface area contributed by atoms with Gasteiger partial charge < -0.3 is 9.64 Å². The lowest BCUT2D eigenvalue weighted by Crippen LogP contribution is -2.21. The first kappa shape index (κ1) is 14.2. The van der Waals surface area contributed by atoms with E-state index >= 15 is 0 Å². The van der Waals surface area contributed by atoms with Crippen LogP contribution < -0.4 is 4.90 Å². The maximum atomic E-state index is 11.0. The third-order valence-electron chi connectivity index (χ3n) is 2.68. The predicted molar refractivity (Wildman–Crippen MR) is 79.3 cm³/mol. The topological polar surface area (TPSA) is 42.4 Å². The van der Waals surface area contributed by atoms with Gasteiger partial charge in [-0.25, -0.2) is 4.98 Å². The molecule has 0 aliphatic carbocycles. The monoisotopic (exact) mass is 296 g/mol. The van der Waals surface area contributed by atoms with Gasteiger partial charge in [-0.2, -0.15) is 0 Å². The summed E-state index contributed by atoms with van der Waals surface area (Å²) in [5.74, 6) is 0. The molecule has 2 heterocycles. The third kappa shape index (κ3) is 3.40. The van der Waals surface area contributed by atoms with Gasteiger partial charge in [0, 0.05) is 18.5 Å². The van der Waals surface area contributed by atoms with Crippen LogP contribution in [-0.4, -0.2) is 24.9 Å². The minimum atomic E-state index is 0.376. The first-order valence-electron chi connectivity index (χ1n) is 5.99. The van der Waals surface area contributed by atoms with Crippen LogP contribution in [-0.2, 0) is 17.9 Å². The molecule has 0 aliphatic heterocycles. The summed E-state index contributed by atoms with van der Waals surface area (Å²) >= 11 is 3.15. The molecule has 0 N–H and O–H groups in total. The van der Waals surface area contributed by atoms with Crippen molar-refractivity contribution in [2.24, 2.45) is 0 Å². The molecule has 2 rings (SSSR count). The molecular weight excluding hydrogens is 280 g/mol. The molecule has 0 saturated heterocycles. The van der Waals surface area contributed by atoms with Crippen molar-refractivity contribution in [3.8, 4) is 0 Å². The van der Waals surface area contributed by atoms with Crippen molar-refractivity contribution in [3.05, 3.63) is 33.0 Å². The highest BCUT2D eigenvalue weighted by Crippen LogP contribution is 2.27. The summed E-state index contributed by atoms with van der Waals surface area (Å²) in [6.45, 7) is 4.15. The highest BCUT2D eigenvalue weighted by Gasteiger charge is 2.15. The van der Waals surface area contributed by atoms with Crippen LogP contribution in [0.1, 0.15) is 27.2 Å². The number of hydrogen-bond acceptors (Lipinski definition) is 6. The van der Waals surface area contributed by atoms with E-state index in [2.05, 4.69) is 28.3 Å². The Bertz CT molecular complexity index is 523. The number of aromatic nitrogens is 1. The molecule has 2 aromatic rings. The Kier molecular flexibility index (Phi) is 5.07. The second-order valence-electron chi connectivity index (χ2n) is 3.95. The number of hydrogen-bond donors (Lipinski definition) is 0. The maximum absolute atomic E-state index is 11.0. The van der Waals surface area contributed by atoms with Crippen LogP contribution in [0.2, 0.25) is 0 Å². The van der Waals surface area contributed by atoms with Gasteiger partial charge in [0.25, 0.3) is 0 Å². The van der Waals surface area contributed by atoms with Crippen molar-refractivity contribution in [1.29, 1.82) is 0 Å². The lowest BCUT2D eigenvalue weighted by Gasteiger charge is -2.18. The third-order valence-corrected chi connectivity index (χ3v) is 4.63. The van der Waals surface area contributed by atoms with Crippen LogP contribution in [0.5, 0.6) is 0 Å². The summed E-state index contributed by atoms with van der Waals surface area (Å²) in [5, 5.41) is 2.95. The number of anilines is 1. The van der Waals surface area contributed by atoms with E-state index in [0.717, 1.165) is 30.2 Å². The molecule has 0 aliphatic rings. The number of nitrogens with zero attached hydrogens (tertiary/aromatic N) is 2. The molecule has 0 aromatic carbocycles. The normalized spacial score (nSPS) is 10.6. The molecule has 0 bridgehead atoms. The SMILES string of the molecule is CCN(Cc1cccs1)c1nc(COC)c(C=O)s1. The summed E-state index contributed by atoms with van der Waals surface area (Å²) in [6, 6.07) is 4.15. The van der Waals surface area contributed by atoms with Crippen molar-refractivity contribution in [3.63, 3.8) is 0 Å². The van der Waals surface area contributed by atoms with Gasteiger partial charge in [-0.15, -0.1) is 11.3 Å². The summed E-state index contributed by atoms with van der Waals surface area (Å²) in [6.07, 6.45) is 0.856. The second kappa shape index (κ2) is 6.79. The van der Waals surface area contributed by atoms with Crippen LogP contribution in [0.15, 0.2) is 17.5 Å². The zero-order valence-electron chi connectivity index (χ0n) is 11.0. The Hall–Kier alpha value is -1.24. The van der Waals surface area contributed by atoms with Crippen LogP contribution in [0.4, 0.5) is 5.13 Å². The summed E-state index contributed by atoms with van der Waals surface area (Å²) in [7, 11) is 1.61. The first-order chi connectivity index (χ1) is 9.28. The van der Waals surface area contributed by atoms with Crippen molar-refractivity contribution < 1.29 is 9.53 Å².